The van der Waals surface area contributed by atoms with Gasteiger partial charge in [0.1, 0.15) is 0 Å². The summed E-state index contributed by atoms with van der Waals surface area (Å²) in [6, 6.07) is 0. The Morgan fingerprint density at radius 3 is 2.79 bits per heavy atom. The summed E-state index contributed by atoms with van der Waals surface area (Å²) < 4.78 is 0. The number of amides is 2. The van der Waals surface area contributed by atoms with Gasteiger partial charge in [-0.3, -0.25) is 9.59 Å². The molecule has 0 bridgehead atoms. The number of nitrogens with zero attached hydrogens (tertiary/aromatic N) is 2. The second-order valence-electron chi connectivity index (χ2n) is 5.62. The van der Waals surface area contributed by atoms with Crippen molar-refractivity contribution in [3.05, 3.63) is 0 Å². The summed E-state index contributed by atoms with van der Waals surface area (Å²) in [4.78, 5) is 27.8. The maximum atomic E-state index is 12.2. The van der Waals surface area contributed by atoms with Crippen molar-refractivity contribution < 1.29 is 9.59 Å². The van der Waals surface area contributed by atoms with Crippen LogP contribution < -0.4 is 10.6 Å². The van der Waals surface area contributed by atoms with Crippen LogP contribution in [0.1, 0.15) is 19.8 Å². The normalized spacial score (nSPS) is 29.6. The first-order valence-corrected chi connectivity index (χ1v) is 7.02. The summed E-state index contributed by atoms with van der Waals surface area (Å²) in [5, 5.41) is 6.52. The summed E-state index contributed by atoms with van der Waals surface area (Å²) >= 11 is 0. The zero-order chi connectivity index (χ0) is 13.9. The van der Waals surface area contributed by atoms with E-state index in [0.29, 0.717) is 19.4 Å². The van der Waals surface area contributed by atoms with Gasteiger partial charge in [-0.2, -0.15) is 0 Å². The molecule has 2 fully saturated rings. The van der Waals surface area contributed by atoms with Crippen LogP contribution in [0.3, 0.4) is 0 Å². The lowest BCUT2D eigenvalue weighted by Crippen LogP contribution is -2.62. The first-order chi connectivity index (χ1) is 9.03. The Morgan fingerprint density at radius 2 is 2.00 bits per heavy atom. The second kappa shape index (κ2) is 5.88. The number of carbonyl (C=O) groups is 2. The molecule has 2 heterocycles. The number of likely N-dealkylation sites (N-methyl/N-ethyl adjacent to an activating group) is 1. The third-order valence-electron chi connectivity index (χ3n) is 4.09. The molecule has 19 heavy (non-hydrogen) atoms. The zero-order valence-electron chi connectivity index (χ0n) is 11.9. The summed E-state index contributed by atoms with van der Waals surface area (Å²) in [5.41, 5.74) is -0.535. The third-order valence-corrected chi connectivity index (χ3v) is 4.09. The van der Waals surface area contributed by atoms with Gasteiger partial charge in [-0.1, -0.05) is 0 Å². The first kappa shape index (κ1) is 14.3. The maximum Gasteiger partial charge on any atom is 0.242 e. The summed E-state index contributed by atoms with van der Waals surface area (Å²) in [6.07, 6.45) is 1.22. The molecule has 0 aromatic rings. The minimum atomic E-state index is -0.535. The van der Waals surface area contributed by atoms with E-state index in [4.69, 9.17) is 0 Å². The molecule has 0 aromatic carbocycles. The summed E-state index contributed by atoms with van der Waals surface area (Å²) in [6.45, 7) is 6.47. The van der Waals surface area contributed by atoms with Gasteiger partial charge in [0.2, 0.25) is 11.8 Å². The average molecular weight is 268 g/mol. The molecule has 0 aliphatic carbocycles. The van der Waals surface area contributed by atoms with Crippen LogP contribution >= 0.6 is 0 Å². The Hall–Kier alpha value is -1.14. The van der Waals surface area contributed by atoms with Crippen molar-refractivity contribution in [2.24, 2.45) is 0 Å². The van der Waals surface area contributed by atoms with E-state index in [-0.39, 0.29) is 11.8 Å². The maximum absolute atomic E-state index is 12.2. The fourth-order valence-corrected chi connectivity index (χ4v) is 2.71. The van der Waals surface area contributed by atoms with Crippen molar-refractivity contribution in [2.75, 3.05) is 46.3 Å². The minimum absolute atomic E-state index is 0.124. The summed E-state index contributed by atoms with van der Waals surface area (Å²) in [5.74, 6) is 0.310. The molecule has 1 unspecified atom stereocenters. The molecule has 6 heteroatoms. The predicted molar refractivity (Wildman–Crippen MR) is 72.7 cm³/mol. The molecule has 2 rings (SSSR count). The lowest BCUT2D eigenvalue weighted by Gasteiger charge is -2.39. The molecule has 2 aliphatic rings. The highest BCUT2D eigenvalue weighted by atomic mass is 16.2. The van der Waals surface area contributed by atoms with Crippen molar-refractivity contribution in [2.45, 2.75) is 25.3 Å². The van der Waals surface area contributed by atoms with Crippen molar-refractivity contribution in [3.63, 3.8) is 0 Å². The zero-order valence-corrected chi connectivity index (χ0v) is 11.9. The Bertz CT molecular complexity index is 361. The van der Waals surface area contributed by atoms with Crippen LogP contribution in [-0.2, 0) is 9.59 Å². The highest BCUT2D eigenvalue weighted by Crippen LogP contribution is 2.17. The van der Waals surface area contributed by atoms with E-state index in [1.54, 1.807) is 4.90 Å². The molecule has 2 amide bonds. The SMILES string of the molecule is CN1CCNC(C)(CCN2CCNCCC2=O)C1=O. The third kappa shape index (κ3) is 3.25. The van der Waals surface area contributed by atoms with Crippen LogP contribution in [0, 0.1) is 0 Å². The fourth-order valence-electron chi connectivity index (χ4n) is 2.71. The molecule has 2 saturated heterocycles. The second-order valence-corrected chi connectivity index (χ2v) is 5.62. The standard InChI is InChI=1S/C13H24N4O2/c1-13(12(19)16(2)9-7-15-13)4-8-17-10-6-14-5-3-11(17)18/h14-15H,3-10H2,1-2H3. The monoisotopic (exact) mass is 268 g/mol. The predicted octanol–water partition coefficient (Wildman–Crippen LogP) is -0.981. The lowest BCUT2D eigenvalue weighted by atomic mass is 9.93. The Balaban J connectivity index is 1.93. The molecule has 108 valence electrons. The van der Waals surface area contributed by atoms with Crippen molar-refractivity contribution in [3.8, 4) is 0 Å². The Labute approximate surface area is 114 Å². The number of rotatable bonds is 3. The van der Waals surface area contributed by atoms with Gasteiger partial charge in [0.25, 0.3) is 0 Å². The smallest absolute Gasteiger partial charge is 0.242 e. The van der Waals surface area contributed by atoms with Gasteiger partial charge in [0, 0.05) is 52.7 Å². The number of nitrogens with one attached hydrogen (secondary N) is 2. The highest BCUT2D eigenvalue weighted by molar-refractivity contribution is 5.86. The Kier molecular flexibility index (Phi) is 4.42. The fraction of sp³-hybridized carbons (Fsp3) is 0.846. The van der Waals surface area contributed by atoms with E-state index in [0.717, 1.165) is 32.7 Å². The Morgan fingerprint density at radius 1 is 1.21 bits per heavy atom. The van der Waals surface area contributed by atoms with Crippen molar-refractivity contribution in [1.82, 2.24) is 20.4 Å². The van der Waals surface area contributed by atoms with Gasteiger partial charge in [0.15, 0.2) is 0 Å². The van der Waals surface area contributed by atoms with E-state index in [2.05, 4.69) is 10.6 Å². The van der Waals surface area contributed by atoms with Crippen LogP contribution in [0.4, 0.5) is 0 Å². The number of piperazine rings is 1. The topological polar surface area (TPSA) is 64.7 Å². The molecular formula is C13H24N4O2. The molecule has 0 radical (unpaired) electrons. The molecular weight excluding hydrogens is 244 g/mol. The average Bonchev–Trinajstić information content (AvgIpc) is 2.59. The molecule has 1 atom stereocenters. The molecule has 0 aromatic heterocycles. The van der Waals surface area contributed by atoms with Crippen molar-refractivity contribution in [1.29, 1.82) is 0 Å². The highest BCUT2D eigenvalue weighted by Gasteiger charge is 2.38. The van der Waals surface area contributed by atoms with E-state index < -0.39 is 5.54 Å². The van der Waals surface area contributed by atoms with Gasteiger partial charge >= 0.3 is 0 Å². The van der Waals surface area contributed by atoms with Crippen LogP contribution in [0.5, 0.6) is 0 Å². The molecule has 0 saturated carbocycles. The van der Waals surface area contributed by atoms with E-state index >= 15 is 0 Å². The van der Waals surface area contributed by atoms with Crippen molar-refractivity contribution >= 4 is 11.8 Å². The van der Waals surface area contributed by atoms with Crippen LogP contribution in [0.15, 0.2) is 0 Å². The van der Waals surface area contributed by atoms with E-state index in [1.807, 2.05) is 18.9 Å². The number of hydrogen-bond donors (Lipinski definition) is 2. The lowest BCUT2D eigenvalue weighted by molar-refractivity contribution is -0.140. The van der Waals surface area contributed by atoms with Crippen LogP contribution in [-0.4, -0.2) is 73.5 Å². The van der Waals surface area contributed by atoms with Crippen LogP contribution in [0.25, 0.3) is 0 Å². The minimum Gasteiger partial charge on any atom is -0.343 e. The largest absolute Gasteiger partial charge is 0.343 e. The van der Waals surface area contributed by atoms with Gasteiger partial charge in [-0.15, -0.1) is 0 Å². The van der Waals surface area contributed by atoms with Gasteiger partial charge in [-0.25, -0.2) is 0 Å². The van der Waals surface area contributed by atoms with Gasteiger partial charge in [-0.05, 0) is 13.3 Å². The quantitative estimate of drug-likeness (QED) is 0.690. The molecule has 6 nitrogen and oxygen atoms in total. The first-order valence-electron chi connectivity index (χ1n) is 7.02. The molecule has 2 aliphatic heterocycles. The van der Waals surface area contributed by atoms with E-state index in [9.17, 15) is 9.59 Å². The summed E-state index contributed by atoms with van der Waals surface area (Å²) in [7, 11) is 1.84. The molecule has 0 spiro atoms. The van der Waals surface area contributed by atoms with Gasteiger partial charge in [0.05, 0.1) is 5.54 Å². The van der Waals surface area contributed by atoms with E-state index in [1.165, 1.54) is 0 Å². The van der Waals surface area contributed by atoms with Gasteiger partial charge < -0.3 is 20.4 Å². The molecule has 2 N–H and O–H groups in total. The van der Waals surface area contributed by atoms with Crippen LogP contribution in [0.2, 0.25) is 0 Å². The number of hydrogen-bond acceptors (Lipinski definition) is 4. The number of carbonyl (C=O) groups excluding carboxylic acids is 2.